The minimum Gasteiger partial charge on any atom is -0.353 e. The van der Waals surface area contributed by atoms with Gasteiger partial charge in [0.25, 0.3) is 0 Å². The maximum Gasteiger partial charge on any atom is 0.234 e. The number of amides is 1. The summed E-state index contributed by atoms with van der Waals surface area (Å²) in [6.45, 7) is 7.23. The maximum atomic E-state index is 12.1. The number of hydrogen-bond acceptors (Lipinski definition) is 4. The second kappa shape index (κ2) is 7.36. The molecule has 2 heterocycles. The highest BCUT2D eigenvalue weighted by molar-refractivity contribution is 5.78. The molecule has 5 heteroatoms. The van der Waals surface area contributed by atoms with Gasteiger partial charge in [-0.15, -0.1) is 0 Å². The van der Waals surface area contributed by atoms with Crippen molar-refractivity contribution in [3.05, 3.63) is 30.1 Å². The number of piperazine rings is 1. The van der Waals surface area contributed by atoms with Crippen LogP contribution in [-0.2, 0) is 4.79 Å². The van der Waals surface area contributed by atoms with Crippen LogP contribution < -0.4 is 10.6 Å². The van der Waals surface area contributed by atoms with Crippen LogP contribution in [0.4, 0.5) is 0 Å². The lowest BCUT2D eigenvalue weighted by molar-refractivity contribution is -0.123. The summed E-state index contributed by atoms with van der Waals surface area (Å²) in [5.74, 6) is 0.107. The zero-order chi connectivity index (χ0) is 14.4. The standard InChI is InChI=1S/C15H24N4O/c1-3-12(2)18-15(20)11-19-8-7-17-10-14(19)13-5-4-6-16-9-13/h4-6,9,12,14,17H,3,7-8,10-11H2,1-2H3,(H,18,20). The Bertz CT molecular complexity index is 423. The van der Waals surface area contributed by atoms with E-state index in [1.165, 1.54) is 0 Å². The molecule has 2 rings (SSSR count). The normalized spacial score (nSPS) is 21.4. The van der Waals surface area contributed by atoms with Crippen molar-refractivity contribution in [1.29, 1.82) is 0 Å². The lowest BCUT2D eigenvalue weighted by atomic mass is 10.1. The van der Waals surface area contributed by atoms with E-state index < -0.39 is 0 Å². The summed E-state index contributed by atoms with van der Waals surface area (Å²) >= 11 is 0. The Morgan fingerprint density at radius 3 is 3.20 bits per heavy atom. The number of aromatic nitrogens is 1. The third-order valence-electron chi connectivity index (χ3n) is 3.79. The van der Waals surface area contributed by atoms with Crippen LogP contribution in [-0.4, -0.2) is 48.0 Å². The van der Waals surface area contributed by atoms with E-state index in [2.05, 4.69) is 33.5 Å². The summed E-state index contributed by atoms with van der Waals surface area (Å²) in [5, 5.41) is 6.42. The first-order chi connectivity index (χ1) is 9.70. The Morgan fingerprint density at radius 2 is 2.50 bits per heavy atom. The summed E-state index contributed by atoms with van der Waals surface area (Å²) in [6, 6.07) is 4.48. The Morgan fingerprint density at radius 1 is 1.65 bits per heavy atom. The van der Waals surface area contributed by atoms with Gasteiger partial charge in [0.1, 0.15) is 0 Å². The highest BCUT2D eigenvalue weighted by Crippen LogP contribution is 2.20. The molecule has 1 fully saturated rings. The SMILES string of the molecule is CCC(C)NC(=O)CN1CCNCC1c1cccnc1. The molecule has 2 atom stereocenters. The molecular formula is C15H24N4O. The fraction of sp³-hybridized carbons (Fsp3) is 0.600. The lowest BCUT2D eigenvalue weighted by Gasteiger charge is -2.36. The maximum absolute atomic E-state index is 12.1. The van der Waals surface area contributed by atoms with Crippen molar-refractivity contribution in [2.75, 3.05) is 26.2 Å². The molecule has 0 radical (unpaired) electrons. The third-order valence-corrected chi connectivity index (χ3v) is 3.79. The molecule has 0 aromatic carbocycles. The third kappa shape index (κ3) is 4.02. The van der Waals surface area contributed by atoms with Crippen molar-refractivity contribution in [2.24, 2.45) is 0 Å². The lowest BCUT2D eigenvalue weighted by Crippen LogP contribution is -2.50. The summed E-state index contributed by atoms with van der Waals surface area (Å²) in [5.41, 5.74) is 1.16. The van der Waals surface area contributed by atoms with Crippen LogP contribution in [0, 0.1) is 0 Å². The molecule has 0 saturated carbocycles. The van der Waals surface area contributed by atoms with E-state index in [-0.39, 0.29) is 18.0 Å². The molecule has 1 saturated heterocycles. The summed E-state index contributed by atoms with van der Waals surface area (Å²) in [7, 11) is 0. The van der Waals surface area contributed by atoms with Crippen molar-refractivity contribution in [1.82, 2.24) is 20.5 Å². The van der Waals surface area contributed by atoms with Gasteiger partial charge in [0.2, 0.25) is 5.91 Å². The molecule has 2 unspecified atom stereocenters. The number of nitrogens with one attached hydrogen (secondary N) is 2. The van der Waals surface area contributed by atoms with Crippen LogP contribution in [0.25, 0.3) is 0 Å². The zero-order valence-corrected chi connectivity index (χ0v) is 12.3. The van der Waals surface area contributed by atoms with Crippen LogP contribution in [0.1, 0.15) is 31.9 Å². The van der Waals surface area contributed by atoms with E-state index in [9.17, 15) is 4.79 Å². The van der Waals surface area contributed by atoms with Crippen molar-refractivity contribution in [2.45, 2.75) is 32.4 Å². The Hall–Kier alpha value is -1.46. The van der Waals surface area contributed by atoms with Gasteiger partial charge in [-0.2, -0.15) is 0 Å². The van der Waals surface area contributed by atoms with Crippen LogP contribution in [0.15, 0.2) is 24.5 Å². The first kappa shape index (κ1) is 14.9. The fourth-order valence-corrected chi connectivity index (χ4v) is 2.44. The van der Waals surface area contributed by atoms with Gasteiger partial charge in [-0.3, -0.25) is 14.7 Å². The second-order valence-electron chi connectivity index (χ2n) is 5.35. The minimum absolute atomic E-state index is 0.107. The van der Waals surface area contributed by atoms with E-state index in [0.717, 1.165) is 31.6 Å². The first-order valence-corrected chi connectivity index (χ1v) is 7.34. The molecule has 5 nitrogen and oxygen atoms in total. The number of nitrogens with zero attached hydrogens (tertiary/aromatic N) is 2. The number of carbonyl (C=O) groups excluding carboxylic acids is 1. The van der Waals surface area contributed by atoms with E-state index >= 15 is 0 Å². The van der Waals surface area contributed by atoms with Crippen molar-refractivity contribution < 1.29 is 4.79 Å². The van der Waals surface area contributed by atoms with E-state index in [0.29, 0.717) is 6.54 Å². The smallest absolute Gasteiger partial charge is 0.234 e. The summed E-state index contributed by atoms with van der Waals surface area (Å²) in [6.07, 6.45) is 4.62. The molecule has 0 bridgehead atoms. The van der Waals surface area contributed by atoms with Crippen LogP contribution in [0.3, 0.4) is 0 Å². The van der Waals surface area contributed by atoms with Gasteiger partial charge < -0.3 is 10.6 Å². The molecule has 0 aliphatic carbocycles. The predicted octanol–water partition coefficient (Wildman–Crippen LogP) is 0.943. The van der Waals surface area contributed by atoms with Gasteiger partial charge in [0.15, 0.2) is 0 Å². The van der Waals surface area contributed by atoms with Crippen molar-refractivity contribution >= 4 is 5.91 Å². The van der Waals surface area contributed by atoms with Gasteiger partial charge in [-0.25, -0.2) is 0 Å². The molecule has 20 heavy (non-hydrogen) atoms. The topological polar surface area (TPSA) is 57.3 Å². The summed E-state index contributed by atoms with van der Waals surface area (Å²) < 4.78 is 0. The molecule has 2 N–H and O–H groups in total. The van der Waals surface area contributed by atoms with Gasteiger partial charge in [0.05, 0.1) is 6.54 Å². The second-order valence-corrected chi connectivity index (χ2v) is 5.35. The van der Waals surface area contributed by atoms with Gasteiger partial charge in [-0.1, -0.05) is 13.0 Å². The zero-order valence-electron chi connectivity index (χ0n) is 12.3. The fourth-order valence-electron chi connectivity index (χ4n) is 2.44. The molecule has 110 valence electrons. The highest BCUT2D eigenvalue weighted by atomic mass is 16.2. The van der Waals surface area contributed by atoms with Crippen LogP contribution >= 0.6 is 0 Å². The average molecular weight is 276 g/mol. The van der Waals surface area contributed by atoms with E-state index in [4.69, 9.17) is 0 Å². The predicted molar refractivity (Wildman–Crippen MR) is 79.3 cm³/mol. The van der Waals surface area contributed by atoms with E-state index in [1.54, 1.807) is 6.20 Å². The number of hydrogen-bond donors (Lipinski definition) is 2. The number of pyridine rings is 1. The first-order valence-electron chi connectivity index (χ1n) is 7.34. The average Bonchev–Trinajstić information content (AvgIpc) is 2.48. The van der Waals surface area contributed by atoms with Gasteiger partial charge in [-0.05, 0) is 25.0 Å². The van der Waals surface area contributed by atoms with Gasteiger partial charge >= 0.3 is 0 Å². The molecule has 1 aromatic rings. The molecule has 1 aliphatic heterocycles. The monoisotopic (exact) mass is 276 g/mol. The van der Waals surface area contributed by atoms with Crippen molar-refractivity contribution in [3.8, 4) is 0 Å². The van der Waals surface area contributed by atoms with Crippen LogP contribution in [0.2, 0.25) is 0 Å². The minimum atomic E-state index is 0.107. The number of rotatable bonds is 5. The Balaban J connectivity index is 1.99. The molecule has 1 amide bonds. The molecular weight excluding hydrogens is 252 g/mol. The van der Waals surface area contributed by atoms with Crippen LogP contribution in [0.5, 0.6) is 0 Å². The molecule has 1 aliphatic rings. The quantitative estimate of drug-likeness (QED) is 0.840. The highest BCUT2D eigenvalue weighted by Gasteiger charge is 2.25. The Kier molecular flexibility index (Phi) is 5.49. The Labute approximate surface area is 120 Å². The molecule has 0 spiro atoms. The van der Waals surface area contributed by atoms with E-state index in [1.807, 2.05) is 19.2 Å². The van der Waals surface area contributed by atoms with Gasteiger partial charge in [0, 0.05) is 44.1 Å². The summed E-state index contributed by atoms with van der Waals surface area (Å²) in [4.78, 5) is 18.5. The largest absolute Gasteiger partial charge is 0.353 e. The molecule has 1 aromatic heterocycles. The number of carbonyl (C=O) groups is 1. The van der Waals surface area contributed by atoms with Crippen molar-refractivity contribution in [3.63, 3.8) is 0 Å².